The third-order valence-corrected chi connectivity index (χ3v) is 2.67. The minimum atomic E-state index is -0.117. The summed E-state index contributed by atoms with van der Waals surface area (Å²) in [4.78, 5) is 0. The van der Waals surface area contributed by atoms with Gasteiger partial charge in [-0.25, -0.2) is 0 Å². The molecular weight excluding hydrogens is 156 g/mol. The highest BCUT2D eigenvalue weighted by Gasteiger charge is 1.94. The second kappa shape index (κ2) is 8.41. The molecule has 0 aromatic heterocycles. The van der Waals surface area contributed by atoms with Crippen LogP contribution < -0.4 is 0 Å². The first kappa shape index (κ1) is 11.3. The number of rotatable bonds is 7. The van der Waals surface area contributed by atoms with E-state index in [-0.39, 0.29) is 6.10 Å². The maximum atomic E-state index is 8.94. The summed E-state index contributed by atoms with van der Waals surface area (Å²) in [6, 6.07) is 0. The first-order chi connectivity index (χ1) is 5.27. The lowest BCUT2D eigenvalue weighted by Crippen LogP contribution is -2.00. The molecule has 68 valence electrons. The Balaban J connectivity index is 2.80. The third-order valence-electron chi connectivity index (χ3n) is 1.57. The predicted octanol–water partition coefficient (Wildman–Crippen LogP) is 2.68. The summed E-state index contributed by atoms with van der Waals surface area (Å²) in [5, 5.41) is 8.94. The second-order valence-electron chi connectivity index (χ2n) is 2.96. The van der Waals surface area contributed by atoms with Crippen molar-refractivity contribution in [2.75, 3.05) is 11.5 Å². The van der Waals surface area contributed by atoms with Gasteiger partial charge in [-0.15, -0.1) is 0 Å². The maximum absolute atomic E-state index is 8.94. The Morgan fingerprint density at radius 3 is 2.55 bits per heavy atom. The van der Waals surface area contributed by atoms with Crippen molar-refractivity contribution in [3.05, 3.63) is 0 Å². The van der Waals surface area contributed by atoms with Gasteiger partial charge in [0, 0.05) is 0 Å². The van der Waals surface area contributed by atoms with E-state index in [0.717, 1.165) is 12.2 Å². The van der Waals surface area contributed by atoms with Gasteiger partial charge in [0.25, 0.3) is 0 Å². The SMILES string of the molecule is CCCCCSCCC(C)O. The fourth-order valence-corrected chi connectivity index (χ4v) is 1.93. The Morgan fingerprint density at radius 2 is 2.00 bits per heavy atom. The Morgan fingerprint density at radius 1 is 1.27 bits per heavy atom. The molecule has 0 bridgehead atoms. The average molecular weight is 176 g/mol. The minimum Gasteiger partial charge on any atom is -0.393 e. The van der Waals surface area contributed by atoms with Crippen molar-refractivity contribution in [2.45, 2.75) is 45.6 Å². The van der Waals surface area contributed by atoms with Gasteiger partial charge >= 0.3 is 0 Å². The van der Waals surface area contributed by atoms with E-state index in [1.54, 1.807) is 0 Å². The zero-order valence-corrected chi connectivity index (χ0v) is 8.49. The zero-order chi connectivity index (χ0) is 8.53. The van der Waals surface area contributed by atoms with Crippen LogP contribution in [0.5, 0.6) is 0 Å². The van der Waals surface area contributed by atoms with Crippen LogP contribution in [0.4, 0.5) is 0 Å². The fourth-order valence-electron chi connectivity index (χ4n) is 0.810. The van der Waals surface area contributed by atoms with E-state index in [0.29, 0.717) is 0 Å². The summed E-state index contributed by atoms with van der Waals surface area (Å²) >= 11 is 1.96. The van der Waals surface area contributed by atoms with E-state index in [1.807, 2.05) is 18.7 Å². The van der Waals surface area contributed by atoms with Crippen molar-refractivity contribution in [1.82, 2.24) is 0 Å². The van der Waals surface area contributed by atoms with Crippen LogP contribution in [0.1, 0.15) is 39.5 Å². The van der Waals surface area contributed by atoms with Gasteiger partial charge in [0.15, 0.2) is 0 Å². The molecule has 0 aromatic carbocycles. The van der Waals surface area contributed by atoms with Gasteiger partial charge in [-0.1, -0.05) is 19.8 Å². The molecule has 0 rings (SSSR count). The maximum Gasteiger partial charge on any atom is 0.0520 e. The first-order valence-electron chi connectivity index (χ1n) is 4.53. The molecule has 0 aliphatic rings. The molecule has 0 saturated heterocycles. The molecule has 0 amide bonds. The monoisotopic (exact) mass is 176 g/mol. The molecule has 2 heteroatoms. The predicted molar refractivity (Wildman–Crippen MR) is 53.1 cm³/mol. The molecule has 1 atom stereocenters. The molecule has 11 heavy (non-hydrogen) atoms. The summed E-state index contributed by atoms with van der Waals surface area (Å²) in [6.07, 6.45) is 4.81. The van der Waals surface area contributed by atoms with Gasteiger partial charge in [0.05, 0.1) is 6.10 Å². The number of aliphatic hydroxyl groups is 1. The van der Waals surface area contributed by atoms with E-state index >= 15 is 0 Å². The second-order valence-corrected chi connectivity index (χ2v) is 4.18. The highest BCUT2D eigenvalue weighted by Crippen LogP contribution is 2.08. The molecule has 1 unspecified atom stereocenters. The van der Waals surface area contributed by atoms with Crippen LogP contribution in [0.25, 0.3) is 0 Å². The van der Waals surface area contributed by atoms with Gasteiger partial charge in [-0.2, -0.15) is 11.8 Å². The van der Waals surface area contributed by atoms with Gasteiger partial charge in [-0.3, -0.25) is 0 Å². The molecule has 1 nitrogen and oxygen atoms in total. The lowest BCUT2D eigenvalue weighted by Gasteiger charge is -2.02. The lowest BCUT2D eigenvalue weighted by molar-refractivity contribution is 0.192. The molecule has 0 radical (unpaired) electrons. The smallest absolute Gasteiger partial charge is 0.0520 e. The van der Waals surface area contributed by atoms with Gasteiger partial charge in [-0.05, 0) is 31.3 Å². The molecule has 0 aromatic rings. The molecule has 0 heterocycles. The van der Waals surface area contributed by atoms with Crippen LogP contribution in [0, 0.1) is 0 Å². The van der Waals surface area contributed by atoms with Crippen molar-refractivity contribution in [3.63, 3.8) is 0 Å². The Bertz CT molecular complexity index is 74.0. The van der Waals surface area contributed by atoms with Crippen LogP contribution in [-0.4, -0.2) is 22.7 Å². The van der Waals surface area contributed by atoms with Crippen LogP contribution in [0.3, 0.4) is 0 Å². The first-order valence-corrected chi connectivity index (χ1v) is 5.68. The van der Waals surface area contributed by atoms with Crippen LogP contribution in [0.2, 0.25) is 0 Å². The summed E-state index contributed by atoms with van der Waals surface area (Å²) in [7, 11) is 0. The van der Waals surface area contributed by atoms with Crippen LogP contribution >= 0.6 is 11.8 Å². The molecule has 0 spiro atoms. The number of hydrogen-bond acceptors (Lipinski definition) is 2. The number of aliphatic hydroxyl groups excluding tert-OH is 1. The topological polar surface area (TPSA) is 20.2 Å². The normalized spacial score (nSPS) is 13.4. The molecule has 0 fully saturated rings. The molecule has 0 aliphatic heterocycles. The Hall–Kier alpha value is 0.310. The fraction of sp³-hybridized carbons (Fsp3) is 1.00. The number of thioether (sulfide) groups is 1. The van der Waals surface area contributed by atoms with E-state index < -0.39 is 0 Å². The van der Waals surface area contributed by atoms with Crippen molar-refractivity contribution < 1.29 is 5.11 Å². The van der Waals surface area contributed by atoms with E-state index in [2.05, 4.69) is 6.92 Å². The highest BCUT2D eigenvalue weighted by atomic mass is 32.2. The molecule has 0 saturated carbocycles. The quantitative estimate of drug-likeness (QED) is 0.602. The summed E-state index contributed by atoms with van der Waals surface area (Å²) < 4.78 is 0. The summed E-state index contributed by atoms with van der Waals surface area (Å²) in [5.41, 5.74) is 0. The molecule has 1 N–H and O–H groups in total. The summed E-state index contributed by atoms with van der Waals surface area (Å²) in [6.45, 7) is 4.08. The molecular formula is C9H20OS. The van der Waals surface area contributed by atoms with Gasteiger partial charge in [0.2, 0.25) is 0 Å². The number of hydrogen-bond donors (Lipinski definition) is 1. The van der Waals surface area contributed by atoms with Gasteiger partial charge in [0.1, 0.15) is 0 Å². The van der Waals surface area contributed by atoms with Gasteiger partial charge < -0.3 is 5.11 Å². The van der Waals surface area contributed by atoms with E-state index in [4.69, 9.17) is 5.11 Å². The number of unbranched alkanes of at least 4 members (excludes halogenated alkanes) is 2. The minimum absolute atomic E-state index is 0.117. The van der Waals surface area contributed by atoms with Crippen molar-refractivity contribution >= 4 is 11.8 Å². The van der Waals surface area contributed by atoms with Crippen LogP contribution in [-0.2, 0) is 0 Å². The van der Waals surface area contributed by atoms with Crippen molar-refractivity contribution in [2.24, 2.45) is 0 Å². The zero-order valence-electron chi connectivity index (χ0n) is 7.68. The average Bonchev–Trinajstić information content (AvgIpc) is 1.96. The highest BCUT2D eigenvalue weighted by molar-refractivity contribution is 7.99. The van der Waals surface area contributed by atoms with E-state index in [1.165, 1.54) is 25.0 Å². The van der Waals surface area contributed by atoms with E-state index in [9.17, 15) is 0 Å². The largest absolute Gasteiger partial charge is 0.393 e. The third kappa shape index (κ3) is 10.3. The lowest BCUT2D eigenvalue weighted by atomic mass is 10.3. The summed E-state index contributed by atoms with van der Waals surface area (Å²) in [5.74, 6) is 2.38. The van der Waals surface area contributed by atoms with Crippen LogP contribution in [0.15, 0.2) is 0 Å². The van der Waals surface area contributed by atoms with Crippen molar-refractivity contribution in [3.8, 4) is 0 Å². The Kier molecular flexibility index (Phi) is 8.64. The molecule has 0 aliphatic carbocycles. The standard InChI is InChI=1S/C9H20OS/c1-3-4-5-7-11-8-6-9(2)10/h9-10H,3-8H2,1-2H3. The Labute approximate surface area is 74.6 Å². The van der Waals surface area contributed by atoms with Crippen molar-refractivity contribution in [1.29, 1.82) is 0 Å².